The average Bonchev–Trinajstić information content (AvgIpc) is 3.03. The number of nitro groups is 2. The molecule has 0 spiro atoms. The van der Waals surface area contributed by atoms with E-state index in [2.05, 4.69) is 22.2 Å². The van der Waals surface area contributed by atoms with Gasteiger partial charge in [0.1, 0.15) is 6.10 Å². The van der Waals surface area contributed by atoms with Crippen LogP contribution in [0.5, 0.6) is 0 Å². The first-order chi connectivity index (χ1) is 22.0. The third-order valence-corrected chi connectivity index (χ3v) is 8.00. The average molecular weight is 701 g/mol. The van der Waals surface area contributed by atoms with Gasteiger partial charge in [-0.05, 0) is 37.4 Å². The third-order valence-electron chi connectivity index (χ3n) is 8.00. The van der Waals surface area contributed by atoms with Gasteiger partial charge in [-0.25, -0.2) is 4.79 Å². The second-order valence-electron chi connectivity index (χ2n) is 11.4. The Morgan fingerprint density at radius 1 is 0.755 bits per heavy atom. The van der Waals surface area contributed by atoms with Crippen molar-refractivity contribution in [2.75, 3.05) is 66.5 Å². The number of amides is 1. The van der Waals surface area contributed by atoms with Gasteiger partial charge < -0.3 is 35.3 Å². The molecule has 0 radical (unpaired) electrons. The van der Waals surface area contributed by atoms with Crippen LogP contribution in [0.25, 0.3) is 0 Å². The predicted octanol–water partition coefficient (Wildman–Crippen LogP) is 3.05. The number of hydrogen-bond acceptors (Lipinski definition) is 11. The van der Waals surface area contributed by atoms with Gasteiger partial charge in [0.15, 0.2) is 6.10 Å². The van der Waals surface area contributed by atoms with Crippen LogP contribution in [0.2, 0.25) is 0 Å². The van der Waals surface area contributed by atoms with Crippen LogP contribution in [0.15, 0.2) is 36.4 Å². The van der Waals surface area contributed by atoms with Crippen LogP contribution in [0, 0.1) is 31.9 Å². The molecule has 49 heavy (non-hydrogen) atoms. The second kappa shape index (κ2) is 21.0. The van der Waals surface area contributed by atoms with Crippen LogP contribution < -0.4 is 5.32 Å². The Morgan fingerprint density at radius 2 is 1.14 bits per heavy atom. The maximum atomic E-state index is 13.7. The van der Waals surface area contributed by atoms with Gasteiger partial charge in [-0.3, -0.25) is 25.0 Å². The second-order valence-corrected chi connectivity index (χ2v) is 11.4. The molecular formula is C32H50F2N6O9. The van der Waals surface area contributed by atoms with E-state index >= 15 is 0 Å². The van der Waals surface area contributed by atoms with Crippen LogP contribution in [0.3, 0.4) is 0 Å². The Hall–Kier alpha value is -4.16. The van der Waals surface area contributed by atoms with Gasteiger partial charge in [-0.15, -0.1) is 0 Å². The van der Waals surface area contributed by atoms with Gasteiger partial charge in [-0.2, -0.15) is 8.78 Å². The number of carbonyl (C=O) groups is 2. The fraction of sp³-hybridized carbons (Fsp3) is 0.562. The molecule has 2 aliphatic rings. The summed E-state index contributed by atoms with van der Waals surface area (Å²) in [6.45, 7) is 10.3. The smallest absolute Gasteiger partial charge is 0.333 e. The number of likely N-dealkylation sites (N-methyl/N-ethyl adjacent to an activating group) is 2. The number of carbonyl (C=O) groups excluding carboxylic acids is 1. The number of piperazine rings is 2. The van der Waals surface area contributed by atoms with Gasteiger partial charge in [0.2, 0.25) is 11.6 Å². The lowest BCUT2D eigenvalue weighted by Gasteiger charge is -2.34. The number of rotatable bonds is 8. The zero-order valence-corrected chi connectivity index (χ0v) is 26.7. The Bertz CT molecular complexity index is 1390. The zero-order chi connectivity index (χ0) is 35.4. The fourth-order valence-electron chi connectivity index (χ4n) is 4.69. The van der Waals surface area contributed by atoms with Crippen LogP contribution in [0.1, 0.15) is 51.7 Å². The van der Waals surface area contributed by atoms with Crippen LogP contribution in [0.4, 0.5) is 20.2 Å². The van der Waals surface area contributed by atoms with E-state index in [0.29, 0.717) is 18.7 Å². The summed E-state index contributed by atoms with van der Waals surface area (Å²) in [7, 11) is 4.11. The topological polar surface area (TPSA) is 203 Å². The van der Waals surface area contributed by atoms with Crippen LogP contribution >= 0.6 is 0 Å². The van der Waals surface area contributed by atoms with Crippen molar-refractivity contribution < 1.29 is 43.5 Å². The number of hydrogen-bond donors (Lipinski definition) is 4. The predicted molar refractivity (Wildman–Crippen MR) is 180 cm³/mol. The molecule has 1 amide bonds. The summed E-state index contributed by atoms with van der Waals surface area (Å²) in [6, 6.07) is 6.44. The van der Waals surface area contributed by atoms with Gasteiger partial charge in [0.25, 0.3) is 5.91 Å². The first-order valence-electron chi connectivity index (χ1n) is 14.9. The molecule has 2 heterocycles. The van der Waals surface area contributed by atoms with Crippen molar-refractivity contribution in [1.82, 2.24) is 20.0 Å². The molecule has 4 rings (SSSR count). The van der Waals surface area contributed by atoms with Crippen LogP contribution in [-0.2, 0) is 9.59 Å². The Balaban J connectivity index is 0.000000778. The lowest BCUT2D eigenvalue weighted by molar-refractivity contribution is -0.387. The zero-order valence-electron chi connectivity index (χ0n) is 26.7. The molecule has 4 N–H and O–H groups in total. The van der Waals surface area contributed by atoms with E-state index in [1.807, 2.05) is 7.05 Å². The summed E-state index contributed by atoms with van der Waals surface area (Å²) < 4.78 is 27.0. The standard InChI is InChI=1S/C15H20FN3O4.C10H10FNO5.C5H12N2.2CH4/c1-10(11-3-4-13(19(22)23)12(16)9-11)14(20)15(21)18-7-5-17(2)6-8-18;1-5(9(13)10(14)15)6-2-3-8(12(16)17)7(11)4-6;1-7-4-2-6-3-5-7;;/h3-4,9-10,14,20H,5-8H2,1-2H3;2-5,9,13H,1H3,(H,14,15);6H,2-5H2,1H3;2*1H4/t10-,14+;5-,9+;;;/m00.../s1. The number of carboxylic acid groups (broad SMARTS) is 1. The highest BCUT2D eigenvalue weighted by atomic mass is 19.1. The van der Waals surface area contributed by atoms with E-state index in [1.54, 1.807) is 11.8 Å². The number of nitrogens with one attached hydrogen (secondary N) is 1. The number of nitro benzene ring substituents is 2. The minimum absolute atomic E-state index is 0. The molecular weight excluding hydrogens is 650 g/mol. The third kappa shape index (κ3) is 13.3. The highest BCUT2D eigenvalue weighted by Gasteiger charge is 2.31. The molecule has 2 aliphatic heterocycles. The molecule has 2 aromatic rings. The molecule has 4 atom stereocenters. The summed E-state index contributed by atoms with van der Waals surface area (Å²) in [5, 5.41) is 52.4. The Kier molecular flexibility index (Phi) is 19.3. The maximum Gasteiger partial charge on any atom is 0.333 e. The van der Waals surface area contributed by atoms with Gasteiger partial charge in [0.05, 0.1) is 9.85 Å². The largest absolute Gasteiger partial charge is 0.479 e. The van der Waals surface area contributed by atoms with Crippen molar-refractivity contribution in [3.8, 4) is 0 Å². The number of halogens is 2. The van der Waals surface area contributed by atoms with E-state index in [1.165, 1.54) is 32.1 Å². The molecule has 0 saturated carbocycles. The number of aliphatic carboxylic acids is 1. The van der Waals surface area contributed by atoms with Crippen molar-refractivity contribution in [2.45, 2.75) is 52.7 Å². The SMILES string of the molecule is C.C.CN1CCNCC1.C[C@@H](c1ccc([N+](=O)[O-])c(F)c1)[C@@H](O)C(=O)N1CCN(C)CC1.C[C@@H](c1ccc([N+](=O)[O-])c(F)c1)[C@@H](O)C(=O)O. The number of aliphatic hydroxyl groups is 2. The van der Waals surface area contributed by atoms with Crippen molar-refractivity contribution in [3.63, 3.8) is 0 Å². The van der Waals surface area contributed by atoms with Crippen molar-refractivity contribution in [1.29, 1.82) is 0 Å². The summed E-state index contributed by atoms with van der Waals surface area (Å²) >= 11 is 0. The highest BCUT2D eigenvalue weighted by molar-refractivity contribution is 5.82. The van der Waals surface area contributed by atoms with E-state index in [-0.39, 0.29) is 20.4 Å². The molecule has 2 fully saturated rings. The number of benzene rings is 2. The molecule has 2 aromatic carbocycles. The first kappa shape index (κ1) is 44.8. The normalized spacial score (nSPS) is 17.2. The monoisotopic (exact) mass is 700 g/mol. The number of nitrogens with zero attached hydrogens (tertiary/aromatic N) is 5. The minimum Gasteiger partial charge on any atom is -0.479 e. The van der Waals surface area contributed by atoms with E-state index < -0.39 is 68.8 Å². The number of aliphatic hydroxyl groups excluding tert-OH is 2. The number of carboxylic acids is 1. The van der Waals surface area contributed by atoms with Crippen molar-refractivity contribution in [3.05, 3.63) is 79.4 Å². The lowest BCUT2D eigenvalue weighted by atomic mass is 9.94. The summed E-state index contributed by atoms with van der Waals surface area (Å²) in [4.78, 5) is 48.2. The fourth-order valence-corrected chi connectivity index (χ4v) is 4.69. The van der Waals surface area contributed by atoms with Crippen molar-refractivity contribution >= 4 is 23.3 Å². The van der Waals surface area contributed by atoms with E-state index in [0.717, 1.165) is 50.4 Å². The highest BCUT2D eigenvalue weighted by Crippen LogP contribution is 2.27. The van der Waals surface area contributed by atoms with Gasteiger partial charge in [0, 0.05) is 76.3 Å². The lowest BCUT2D eigenvalue weighted by Crippen LogP contribution is -2.51. The summed E-state index contributed by atoms with van der Waals surface area (Å²) in [5.74, 6) is -5.38. The first-order valence-corrected chi connectivity index (χ1v) is 14.9. The molecule has 17 heteroatoms. The van der Waals surface area contributed by atoms with E-state index in [4.69, 9.17) is 5.11 Å². The molecule has 15 nitrogen and oxygen atoms in total. The van der Waals surface area contributed by atoms with Gasteiger partial charge in [-0.1, -0.05) is 40.8 Å². The molecule has 276 valence electrons. The molecule has 0 unspecified atom stereocenters. The quantitative estimate of drug-likeness (QED) is 0.232. The summed E-state index contributed by atoms with van der Waals surface area (Å²) in [5.41, 5.74) is -0.780. The van der Waals surface area contributed by atoms with Gasteiger partial charge >= 0.3 is 17.3 Å². The Morgan fingerprint density at radius 3 is 1.47 bits per heavy atom. The maximum absolute atomic E-state index is 13.7. The molecule has 0 aromatic heterocycles. The minimum atomic E-state index is -1.68. The van der Waals surface area contributed by atoms with E-state index in [9.17, 15) is 48.8 Å². The van der Waals surface area contributed by atoms with Crippen LogP contribution in [-0.4, -0.2) is 130 Å². The Labute approximate surface area is 285 Å². The summed E-state index contributed by atoms with van der Waals surface area (Å²) in [6.07, 6.45) is -2.99. The molecule has 0 aliphatic carbocycles. The van der Waals surface area contributed by atoms with Crippen molar-refractivity contribution in [2.24, 2.45) is 0 Å². The molecule has 2 saturated heterocycles. The molecule has 0 bridgehead atoms.